The lowest BCUT2D eigenvalue weighted by molar-refractivity contribution is -0.168. The Morgan fingerprint density at radius 1 is 0.947 bits per heavy atom. The number of carbonyl (C=O) groups is 2. The van der Waals surface area contributed by atoms with Crippen LogP contribution in [0.25, 0.3) is 16.7 Å². The minimum absolute atomic E-state index is 0.0461. The summed E-state index contributed by atoms with van der Waals surface area (Å²) in [6.45, 7) is 8.02. The van der Waals surface area contributed by atoms with E-state index in [4.69, 9.17) is 9.47 Å². The van der Waals surface area contributed by atoms with Crippen molar-refractivity contribution in [1.29, 1.82) is 0 Å². The lowest BCUT2D eigenvalue weighted by Crippen LogP contribution is -2.42. The van der Waals surface area contributed by atoms with Crippen LogP contribution in [0.5, 0.6) is 0 Å². The van der Waals surface area contributed by atoms with Crippen LogP contribution in [0.3, 0.4) is 0 Å². The molecule has 0 amide bonds. The van der Waals surface area contributed by atoms with Crippen LogP contribution in [0.15, 0.2) is 66.1 Å². The number of carbonyl (C=O) groups excluding carboxylic acids is 2. The number of rotatable bonds is 5. The zero-order valence-corrected chi connectivity index (χ0v) is 22.6. The lowest BCUT2D eigenvalue weighted by Gasteiger charge is -2.35. The SMILES string of the molecule is C=C(C)c1cc2c(c3c1-c1ccccc1N(S(=O)(=O)c1ccc(C)cc1)C3)CC(C(=O)OC)(C(=O)OC)C2. The van der Waals surface area contributed by atoms with Crippen LogP contribution < -0.4 is 4.31 Å². The molecule has 0 aromatic heterocycles. The molecule has 0 fully saturated rings. The smallest absolute Gasteiger partial charge is 0.323 e. The number of sulfonamides is 1. The molecule has 0 atom stereocenters. The first-order valence-corrected chi connectivity index (χ1v) is 13.7. The normalized spacial score (nSPS) is 15.2. The van der Waals surface area contributed by atoms with Gasteiger partial charge >= 0.3 is 11.9 Å². The molecule has 3 aromatic carbocycles. The van der Waals surface area contributed by atoms with Crippen molar-refractivity contribution in [2.75, 3.05) is 18.5 Å². The third kappa shape index (κ3) is 3.74. The second kappa shape index (κ2) is 9.13. The van der Waals surface area contributed by atoms with Crippen LogP contribution in [0.4, 0.5) is 5.69 Å². The number of anilines is 1. The van der Waals surface area contributed by atoms with E-state index < -0.39 is 27.4 Å². The molecule has 196 valence electrons. The van der Waals surface area contributed by atoms with Gasteiger partial charge in [-0.25, -0.2) is 8.42 Å². The zero-order valence-electron chi connectivity index (χ0n) is 21.8. The van der Waals surface area contributed by atoms with Gasteiger partial charge in [0.15, 0.2) is 5.41 Å². The number of esters is 2. The van der Waals surface area contributed by atoms with Crippen molar-refractivity contribution >= 4 is 33.2 Å². The summed E-state index contributed by atoms with van der Waals surface area (Å²) in [7, 11) is -1.43. The molecule has 0 saturated carbocycles. The topological polar surface area (TPSA) is 90.0 Å². The first-order valence-electron chi connectivity index (χ1n) is 12.2. The number of ether oxygens (including phenoxy) is 2. The first-order chi connectivity index (χ1) is 18.0. The van der Waals surface area contributed by atoms with Crippen LogP contribution in [-0.4, -0.2) is 34.6 Å². The summed E-state index contributed by atoms with van der Waals surface area (Å²) in [5.41, 5.74) is 5.55. The van der Waals surface area contributed by atoms with Gasteiger partial charge in [0.25, 0.3) is 10.0 Å². The average Bonchev–Trinajstić information content (AvgIpc) is 3.32. The van der Waals surface area contributed by atoms with Crippen molar-refractivity contribution < 1.29 is 27.5 Å². The Morgan fingerprint density at radius 2 is 1.58 bits per heavy atom. The summed E-state index contributed by atoms with van der Waals surface area (Å²) in [4.78, 5) is 26.1. The number of methoxy groups -OCH3 is 2. The van der Waals surface area contributed by atoms with Gasteiger partial charge < -0.3 is 9.47 Å². The second-order valence-electron chi connectivity index (χ2n) is 9.96. The summed E-state index contributed by atoms with van der Waals surface area (Å²) in [6.07, 6.45) is 0.155. The molecule has 1 aliphatic heterocycles. The fraction of sp³-hybridized carbons (Fsp3) is 0.267. The molecular formula is C30H29NO6S. The van der Waals surface area contributed by atoms with Crippen molar-refractivity contribution in [2.45, 2.75) is 38.1 Å². The summed E-state index contributed by atoms with van der Waals surface area (Å²) in [6, 6.07) is 16.1. The number of hydrogen-bond donors (Lipinski definition) is 0. The van der Waals surface area contributed by atoms with E-state index in [1.807, 2.05) is 38.1 Å². The Morgan fingerprint density at radius 3 is 2.18 bits per heavy atom. The predicted octanol–water partition coefficient (Wildman–Crippen LogP) is 4.84. The number of allylic oxidation sites excluding steroid dienone is 1. The van der Waals surface area contributed by atoms with Crippen LogP contribution in [0.1, 0.15) is 34.7 Å². The third-order valence-electron chi connectivity index (χ3n) is 7.58. The van der Waals surface area contributed by atoms with Gasteiger partial charge in [-0.3, -0.25) is 13.9 Å². The van der Waals surface area contributed by atoms with Crippen molar-refractivity contribution in [2.24, 2.45) is 5.41 Å². The molecule has 2 aliphatic rings. The lowest BCUT2D eigenvalue weighted by atomic mass is 9.83. The molecule has 5 rings (SSSR count). The highest BCUT2D eigenvalue weighted by Crippen LogP contribution is 2.51. The molecule has 0 saturated heterocycles. The maximum atomic E-state index is 14.0. The average molecular weight is 532 g/mol. The summed E-state index contributed by atoms with van der Waals surface area (Å²) >= 11 is 0. The van der Waals surface area contributed by atoms with Gasteiger partial charge in [-0.1, -0.05) is 54.1 Å². The summed E-state index contributed by atoms with van der Waals surface area (Å²) < 4.78 is 39.5. The second-order valence-corrected chi connectivity index (χ2v) is 11.8. The van der Waals surface area contributed by atoms with Crippen LogP contribution >= 0.6 is 0 Å². The van der Waals surface area contributed by atoms with Gasteiger partial charge in [0.1, 0.15) is 0 Å². The molecule has 1 aliphatic carbocycles. The van der Waals surface area contributed by atoms with E-state index in [0.717, 1.165) is 44.5 Å². The standard InChI is InChI=1S/C30H29NO6S/c1-18(2)23-14-20-15-30(28(32)36-4,29(33)37-5)16-24(20)25-17-31(26-9-7-6-8-22(26)27(23)25)38(34,35)21-12-10-19(3)11-13-21/h6-14H,1,15-17H2,2-5H3. The molecule has 38 heavy (non-hydrogen) atoms. The Labute approximate surface area is 222 Å². The molecule has 0 unspecified atom stereocenters. The third-order valence-corrected chi connectivity index (χ3v) is 9.35. The molecule has 0 spiro atoms. The predicted molar refractivity (Wildman–Crippen MR) is 145 cm³/mol. The number of fused-ring (bicyclic) bond motifs is 5. The molecule has 7 nitrogen and oxygen atoms in total. The highest BCUT2D eigenvalue weighted by molar-refractivity contribution is 7.92. The van der Waals surface area contributed by atoms with E-state index in [0.29, 0.717) is 5.69 Å². The molecule has 1 heterocycles. The first kappa shape index (κ1) is 25.7. The van der Waals surface area contributed by atoms with Gasteiger partial charge in [0, 0.05) is 12.0 Å². The molecule has 3 aromatic rings. The highest BCUT2D eigenvalue weighted by Gasteiger charge is 2.54. The fourth-order valence-electron chi connectivity index (χ4n) is 5.67. The quantitative estimate of drug-likeness (QED) is 0.346. The summed E-state index contributed by atoms with van der Waals surface area (Å²) in [5, 5.41) is 0. The minimum Gasteiger partial charge on any atom is -0.468 e. The van der Waals surface area contributed by atoms with Crippen LogP contribution in [-0.2, 0) is 48.5 Å². The number of hydrogen-bond acceptors (Lipinski definition) is 6. The maximum Gasteiger partial charge on any atom is 0.323 e. The van der Waals surface area contributed by atoms with Crippen molar-refractivity contribution in [3.05, 3.63) is 89.0 Å². The van der Waals surface area contributed by atoms with E-state index >= 15 is 0 Å². The largest absolute Gasteiger partial charge is 0.468 e. The summed E-state index contributed by atoms with van der Waals surface area (Å²) in [5.74, 6) is -1.35. The fourth-order valence-corrected chi connectivity index (χ4v) is 7.12. The Hall–Kier alpha value is -3.91. The van der Waals surface area contributed by atoms with E-state index in [1.54, 1.807) is 30.3 Å². The van der Waals surface area contributed by atoms with E-state index in [-0.39, 0.29) is 24.3 Å². The monoisotopic (exact) mass is 531 g/mol. The van der Waals surface area contributed by atoms with E-state index in [9.17, 15) is 18.0 Å². The number of aryl methyl sites for hydroxylation is 1. The highest BCUT2D eigenvalue weighted by atomic mass is 32.2. The molecular weight excluding hydrogens is 502 g/mol. The van der Waals surface area contributed by atoms with Gasteiger partial charge in [0.05, 0.1) is 31.3 Å². The molecule has 0 bridgehead atoms. The number of nitrogens with zero attached hydrogens (tertiary/aromatic N) is 1. The van der Waals surface area contributed by atoms with Crippen LogP contribution in [0, 0.1) is 12.3 Å². The van der Waals surface area contributed by atoms with Gasteiger partial charge in [0.2, 0.25) is 0 Å². The Kier molecular flexibility index (Phi) is 6.18. The number of para-hydroxylation sites is 1. The van der Waals surface area contributed by atoms with Gasteiger partial charge in [-0.05, 0) is 66.3 Å². The van der Waals surface area contributed by atoms with Gasteiger partial charge in [-0.2, -0.15) is 0 Å². The van der Waals surface area contributed by atoms with Crippen LogP contribution in [0.2, 0.25) is 0 Å². The van der Waals surface area contributed by atoms with Crippen molar-refractivity contribution in [1.82, 2.24) is 0 Å². The molecule has 0 N–H and O–H groups in total. The van der Waals surface area contributed by atoms with Gasteiger partial charge in [-0.15, -0.1) is 0 Å². The maximum absolute atomic E-state index is 14.0. The molecule has 0 radical (unpaired) electrons. The Bertz CT molecular complexity index is 1590. The van der Waals surface area contributed by atoms with E-state index in [1.165, 1.54) is 18.5 Å². The van der Waals surface area contributed by atoms with Crippen molar-refractivity contribution in [3.63, 3.8) is 0 Å². The van der Waals surface area contributed by atoms with E-state index in [2.05, 4.69) is 6.58 Å². The number of benzene rings is 3. The minimum atomic E-state index is -3.93. The Balaban J connectivity index is 1.77. The molecule has 8 heteroatoms. The zero-order chi connectivity index (χ0) is 27.4. The van der Waals surface area contributed by atoms with Crippen molar-refractivity contribution in [3.8, 4) is 11.1 Å².